The smallest absolute Gasteiger partial charge is 0.146 e. The van der Waals surface area contributed by atoms with Crippen molar-refractivity contribution in [2.45, 2.75) is 46.0 Å². The maximum Gasteiger partial charge on any atom is 0.146 e. The van der Waals surface area contributed by atoms with E-state index < -0.39 is 0 Å². The topological polar surface area (TPSA) is 50.2 Å². The van der Waals surface area contributed by atoms with E-state index in [0.29, 0.717) is 0 Å². The molecule has 4 nitrogen and oxygen atoms in total. The maximum absolute atomic E-state index is 4.92. The van der Waals surface area contributed by atoms with Crippen LogP contribution in [-0.4, -0.2) is 22.0 Å². The fourth-order valence-electron chi connectivity index (χ4n) is 3.05. The summed E-state index contributed by atoms with van der Waals surface area (Å²) in [7, 11) is 0. The predicted molar refractivity (Wildman–Crippen MR) is 97.4 cm³/mol. The van der Waals surface area contributed by atoms with Crippen LogP contribution in [0.4, 0.5) is 5.69 Å². The molecule has 23 heavy (non-hydrogen) atoms. The number of aromatic nitrogens is 2. The van der Waals surface area contributed by atoms with E-state index >= 15 is 0 Å². The molecule has 1 fully saturated rings. The Balaban J connectivity index is 1.82. The lowest BCUT2D eigenvalue weighted by Gasteiger charge is -2.20. The van der Waals surface area contributed by atoms with Crippen molar-refractivity contribution in [2.24, 2.45) is 10.9 Å². The van der Waals surface area contributed by atoms with Gasteiger partial charge in [0, 0.05) is 12.2 Å². The summed E-state index contributed by atoms with van der Waals surface area (Å²) in [5.41, 5.74) is 3.26. The summed E-state index contributed by atoms with van der Waals surface area (Å²) in [5.74, 6) is 1.64. The minimum atomic E-state index is 0.721. The van der Waals surface area contributed by atoms with Crippen molar-refractivity contribution in [1.29, 1.82) is 0 Å². The summed E-state index contributed by atoms with van der Waals surface area (Å²) in [5, 5.41) is 7.65. The molecule has 1 aromatic carbocycles. The third-order valence-corrected chi connectivity index (χ3v) is 5.33. The van der Waals surface area contributed by atoms with Gasteiger partial charge in [0.2, 0.25) is 0 Å². The SMILES string of the molecule is Cc1ccccc1NC(=NCC1CCCCC1)c1snnc1C. The summed E-state index contributed by atoms with van der Waals surface area (Å²) in [4.78, 5) is 5.97. The molecule has 1 saturated carbocycles. The molecule has 5 heteroatoms. The summed E-state index contributed by atoms with van der Waals surface area (Å²) in [6, 6.07) is 8.30. The van der Waals surface area contributed by atoms with Crippen molar-refractivity contribution in [2.75, 3.05) is 11.9 Å². The number of rotatable bonds is 4. The molecule has 122 valence electrons. The van der Waals surface area contributed by atoms with Crippen molar-refractivity contribution in [3.05, 3.63) is 40.4 Å². The van der Waals surface area contributed by atoms with E-state index in [9.17, 15) is 0 Å². The van der Waals surface area contributed by atoms with Crippen molar-refractivity contribution in [3.63, 3.8) is 0 Å². The van der Waals surface area contributed by atoms with Crippen LogP contribution in [-0.2, 0) is 0 Å². The Hall–Kier alpha value is -1.75. The van der Waals surface area contributed by atoms with Crippen LogP contribution in [0.25, 0.3) is 0 Å². The molecule has 3 rings (SSSR count). The second-order valence-electron chi connectivity index (χ2n) is 6.32. The van der Waals surface area contributed by atoms with Gasteiger partial charge in [0.1, 0.15) is 10.7 Å². The Morgan fingerprint density at radius 1 is 1.22 bits per heavy atom. The highest BCUT2D eigenvalue weighted by atomic mass is 32.1. The Kier molecular flexibility index (Phi) is 5.39. The van der Waals surface area contributed by atoms with Crippen LogP contribution in [0.5, 0.6) is 0 Å². The number of amidine groups is 1. The molecule has 1 aromatic heterocycles. The van der Waals surface area contributed by atoms with E-state index in [1.165, 1.54) is 49.2 Å². The van der Waals surface area contributed by atoms with Crippen LogP contribution in [0, 0.1) is 19.8 Å². The van der Waals surface area contributed by atoms with Crippen molar-refractivity contribution < 1.29 is 0 Å². The monoisotopic (exact) mass is 328 g/mol. The first-order valence-corrected chi connectivity index (χ1v) is 9.18. The first kappa shape index (κ1) is 16.1. The summed E-state index contributed by atoms with van der Waals surface area (Å²) < 4.78 is 4.07. The van der Waals surface area contributed by atoms with E-state index in [-0.39, 0.29) is 0 Å². The molecular weight excluding hydrogens is 304 g/mol. The average molecular weight is 328 g/mol. The molecule has 0 aliphatic heterocycles. The number of aryl methyl sites for hydroxylation is 2. The van der Waals surface area contributed by atoms with Crippen LogP contribution in [0.1, 0.15) is 48.2 Å². The second kappa shape index (κ2) is 7.68. The zero-order valence-corrected chi connectivity index (χ0v) is 14.7. The molecule has 2 aromatic rings. The largest absolute Gasteiger partial charge is 0.339 e. The molecule has 0 saturated heterocycles. The summed E-state index contributed by atoms with van der Waals surface area (Å²) in [6.07, 6.45) is 6.69. The van der Waals surface area contributed by atoms with Gasteiger partial charge in [-0.3, -0.25) is 4.99 Å². The zero-order valence-electron chi connectivity index (χ0n) is 13.9. The van der Waals surface area contributed by atoms with E-state index in [4.69, 9.17) is 4.99 Å². The van der Waals surface area contributed by atoms with Gasteiger partial charge in [-0.15, -0.1) is 5.10 Å². The molecule has 0 unspecified atom stereocenters. The first-order valence-electron chi connectivity index (χ1n) is 8.40. The van der Waals surface area contributed by atoms with E-state index in [1.54, 1.807) is 0 Å². The molecule has 1 aliphatic rings. The van der Waals surface area contributed by atoms with Crippen LogP contribution >= 0.6 is 11.5 Å². The number of nitrogens with one attached hydrogen (secondary N) is 1. The molecular formula is C18H24N4S. The van der Waals surface area contributed by atoms with Crippen LogP contribution < -0.4 is 5.32 Å². The number of para-hydroxylation sites is 1. The molecule has 0 atom stereocenters. The normalized spacial score (nSPS) is 16.5. The van der Waals surface area contributed by atoms with Gasteiger partial charge in [-0.1, -0.05) is 41.9 Å². The van der Waals surface area contributed by atoms with Crippen LogP contribution in [0.3, 0.4) is 0 Å². The standard InChI is InChI=1S/C18H24N4S/c1-13-8-6-7-11-16(13)20-18(17-14(2)21-22-23-17)19-12-15-9-4-3-5-10-15/h6-8,11,15H,3-5,9-10,12H2,1-2H3,(H,19,20). The lowest BCUT2D eigenvalue weighted by Crippen LogP contribution is -2.18. The number of nitrogens with zero attached hydrogens (tertiary/aromatic N) is 3. The maximum atomic E-state index is 4.92. The Bertz CT molecular complexity index is 671. The third kappa shape index (κ3) is 4.16. The minimum absolute atomic E-state index is 0.721. The van der Waals surface area contributed by atoms with Gasteiger partial charge in [0.25, 0.3) is 0 Å². The summed E-state index contributed by atoms with van der Waals surface area (Å²) >= 11 is 1.41. The van der Waals surface area contributed by atoms with Gasteiger partial charge in [0.05, 0.1) is 5.69 Å². The van der Waals surface area contributed by atoms with Gasteiger partial charge in [-0.2, -0.15) is 0 Å². The molecule has 0 amide bonds. The van der Waals surface area contributed by atoms with Crippen LogP contribution in [0.2, 0.25) is 0 Å². The number of aliphatic imine (C=N–C) groups is 1. The van der Waals surface area contributed by atoms with Gasteiger partial charge in [0.15, 0.2) is 0 Å². The summed E-state index contributed by atoms with van der Waals surface area (Å²) in [6.45, 7) is 5.00. The van der Waals surface area contributed by atoms with E-state index in [0.717, 1.165) is 34.6 Å². The second-order valence-corrected chi connectivity index (χ2v) is 7.07. The van der Waals surface area contributed by atoms with Gasteiger partial charge in [-0.05, 0) is 55.8 Å². The fourth-order valence-corrected chi connectivity index (χ4v) is 3.67. The van der Waals surface area contributed by atoms with Crippen LogP contribution in [0.15, 0.2) is 29.3 Å². The quantitative estimate of drug-likeness (QED) is 0.659. The lowest BCUT2D eigenvalue weighted by atomic mass is 9.89. The lowest BCUT2D eigenvalue weighted by molar-refractivity contribution is 0.367. The number of anilines is 1. The highest BCUT2D eigenvalue weighted by molar-refractivity contribution is 7.08. The van der Waals surface area contributed by atoms with E-state index in [2.05, 4.69) is 40.0 Å². The van der Waals surface area contributed by atoms with Gasteiger partial charge >= 0.3 is 0 Å². The van der Waals surface area contributed by atoms with Crippen molar-refractivity contribution in [1.82, 2.24) is 9.59 Å². The Morgan fingerprint density at radius 2 is 2.00 bits per heavy atom. The Labute approximate surface area is 142 Å². The fraction of sp³-hybridized carbons (Fsp3) is 0.500. The minimum Gasteiger partial charge on any atom is -0.339 e. The average Bonchev–Trinajstić information content (AvgIpc) is 3.00. The molecule has 1 aliphatic carbocycles. The molecule has 0 radical (unpaired) electrons. The molecule has 1 N–H and O–H groups in total. The number of benzene rings is 1. The molecule has 1 heterocycles. The predicted octanol–water partition coefficient (Wildman–Crippen LogP) is 4.59. The van der Waals surface area contributed by atoms with Gasteiger partial charge < -0.3 is 5.32 Å². The molecule has 0 bridgehead atoms. The van der Waals surface area contributed by atoms with Crippen molar-refractivity contribution >= 4 is 23.1 Å². The zero-order chi connectivity index (χ0) is 16.1. The highest BCUT2D eigenvalue weighted by Gasteiger charge is 2.16. The van der Waals surface area contributed by atoms with E-state index in [1.807, 2.05) is 13.0 Å². The van der Waals surface area contributed by atoms with Gasteiger partial charge in [-0.25, -0.2) is 0 Å². The van der Waals surface area contributed by atoms with Crippen molar-refractivity contribution in [3.8, 4) is 0 Å². The highest BCUT2D eigenvalue weighted by Crippen LogP contribution is 2.24. The number of hydrogen-bond donors (Lipinski definition) is 1. The number of hydrogen-bond acceptors (Lipinski definition) is 4. The molecule has 0 spiro atoms. The third-order valence-electron chi connectivity index (χ3n) is 4.50. The first-order chi connectivity index (χ1) is 11.2. The Morgan fingerprint density at radius 3 is 2.70 bits per heavy atom.